The van der Waals surface area contributed by atoms with Crippen molar-refractivity contribution in [2.45, 2.75) is 24.9 Å². The van der Waals surface area contributed by atoms with E-state index in [0.29, 0.717) is 40.6 Å². The van der Waals surface area contributed by atoms with Crippen molar-refractivity contribution in [2.75, 3.05) is 46.8 Å². The highest BCUT2D eigenvalue weighted by molar-refractivity contribution is 8.18. The molecule has 0 saturated carbocycles. The van der Waals surface area contributed by atoms with Gasteiger partial charge in [-0.2, -0.15) is 4.99 Å². The number of aliphatic imine (C=N–C) groups is 1. The monoisotopic (exact) mass is 460 g/mol. The van der Waals surface area contributed by atoms with Crippen LogP contribution in [0.25, 0.3) is 6.08 Å². The first kappa shape index (κ1) is 22.8. The van der Waals surface area contributed by atoms with Crippen LogP contribution in [0.5, 0.6) is 0 Å². The van der Waals surface area contributed by atoms with Crippen LogP contribution in [0.2, 0.25) is 0 Å². The molecule has 0 bridgehead atoms. The molecular weight excluding hydrogens is 433 g/mol. The topological polar surface area (TPSA) is 91.3 Å². The van der Waals surface area contributed by atoms with E-state index in [1.54, 1.807) is 12.1 Å². The third-order valence-corrected chi connectivity index (χ3v) is 7.28. The Kier molecular flexibility index (Phi) is 6.82. The molecule has 1 aromatic rings. The molecule has 2 fully saturated rings. The Labute approximate surface area is 191 Å². The molecule has 8 nitrogen and oxygen atoms in total. The molecule has 4 rings (SSSR count). The smallest absolute Gasteiger partial charge is 0.286 e. The van der Waals surface area contributed by atoms with Crippen LogP contribution in [-0.4, -0.2) is 84.7 Å². The predicted octanol–water partition coefficient (Wildman–Crippen LogP) is 1.11. The summed E-state index contributed by atoms with van der Waals surface area (Å²) in [6.45, 7) is 3.54. The number of piperazine rings is 1. The first-order chi connectivity index (χ1) is 15.3. The van der Waals surface area contributed by atoms with Crippen LogP contribution in [-0.2, 0) is 4.79 Å². The van der Waals surface area contributed by atoms with Gasteiger partial charge in [0.05, 0.1) is 10.9 Å². The van der Waals surface area contributed by atoms with Gasteiger partial charge in [-0.25, -0.2) is 4.39 Å². The maximum Gasteiger partial charge on any atom is 0.286 e. The summed E-state index contributed by atoms with van der Waals surface area (Å²) in [5, 5.41) is 15.8. The fourth-order valence-electron chi connectivity index (χ4n) is 4.43. The average molecular weight is 461 g/mol. The highest BCUT2D eigenvalue weighted by atomic mass is 32.2. The summed E-state index contributed by atoms with van der Waals surface area (Å²) in [6.07, 6.45) is 1.65. The Hall–Kier alpha value is -2.43. The number of amides is 2. The van der Waals surface area contributed by atoms with E-state index in [1.807, 2.05) is 14.1 Å². The van der Waals surface area contributed by atoms with Crippen LogP contribution < -0.4 is 10.4 Å². The quantitative estimate of drug-likeness (QED) is 0.676. The van der Waals surface area contributed by atoms with E-state index in [1.165, 1.54) is 28.8 Å². The zero-order valence-electron chi connectivity index (χ0n) is 18.2. The van der Waals surface area contributed by atoms with E-state index >= 15 is 0 Å². The van der Waals surface area contributed by atoms with Crippen molar-refractivity contribution in [2.24, 2.45) is 4.99 Å². The summed E-state index contributed by atoms with van der Waals surface area (Å²) in [4.78, 5) is 34.5. The van der Waals surface area contributed by atoms with Gasteiger partial charge >= 0.3 is 0 Å². The van der Waals surface area contributed by atoms with Crippen molar-refractivity contribution >= 4 is 35.0 Å². The second kappa shape index (κ2) is 9.60. The van der Waals surface area contributed by atoms with E-state index in [0.717, 1.165) is 26.2 Å². The molecule has 3 aliphatic heterocycles. The molecule has 2 atom stereocenters. The van der Waals surface area contributed by atoms with Gasteiger partial charge in [-0.1, -0.05) is 6.07 Å². The van der Waals surface area contributed by atoms with Crippen molar-refractivity contribution in [3.05, 3.63) is 40.0 Å². The van der Waals surface area contributed by atoms with Crippen molar-refractivity contribution in [1.29, 1.82) is 0 Å². The number of thioether (sulfide) groups is 1. The molecule has 0 radical (unpaired) electrons. The normalized spacial score (nSPS) is 25.6. The molecule has 2 unspecified atom stereocenters. The molecule has 10 heteroatoms. The molecular formula is C22H27FN5O3S-. The second-order valence-corrected chi connectivity index (χ2v) is 9.45. The van der Waals surface area contributed by atoms with Gasteiger partial charge in [0.15, 0.2) is 5.17 Å². The summed E-state index contributed by atoms with van der Waals surface area (Å²) in [5.41, 5.74) is 1.16. The highest BCUT2D eigenvalue weighted by Gasteiger charge is 2.33. The molecule has 0 aromatic heterocycles. The molecule has 0 spiro atoms. The Morgan fingerprint density at radius 1 is 1.31 bits per heavy atom. The van der Waals surface area contributed by atoms with Crippen LogP contribution in [0.4, 0.5) is 9.18 Å². The van der Waals surface area contributed by atoms with E-state index < -0.39 is 18.0 Å². The maximum absolute atomic E-state index is 14.2. The Balaban J connectivity index is 1.65. The number of likely N-dealkylation sites (tertiary alicyclic amines) is 1. The molecule has 3 aliphatic rings. The molecule has 1 aromatic carbocycles. The van der Waals surface area contributed by atoms with E-state index in [9.17, 15) is 19.1 Å². The minimum absolute atomic E-state index is 0.186. The third kappa shape index (κ3) is 4.82. The molecule has 1 N–H and O–H groups in total. The Morgan fingerprint density at radius 3 is 2.75 bits per heavy atom. The predicted molar refractivity (Wildman–Crippen MR) is 120 cm³/mol. The number of carbonyl (C=O) groups excluding carboxylic acids is 2. The zero-order chi connectivity index (χ0) is 22.8. The van der Waals surface area contributed by atoms with Gasteiger partial charge < -0.3 is 29.9 Å². The zero-order valence-corrected chi connectivity index (χ0v) is 19.0. The third-order valence-electron chi connectivity index (χ3n) is 6.23. The SMILES string of the molecule is CN(C)C1CCN(C(=O)[O-])C(c2ccc(F)cc2/C=C2\SC(N3CCNCC3)=NC2=O)C1. The number of amidine groups is 1. The van der Waals surface area contributed by atoms with Gasteiger partial charge in [0.25, 0.3) is 5.91 Å². The number of carbonyl (C=O) groups is 2. The number of nitrogens with zero attached hydrogens (tertiary/aromatic N) is 4. The fraction of sp³-hybridized carbons (Fsp3) is 0.500. The number of hydrogen-bond donors (Lipinski definition) is 1. The van der Waals surface area contributed by atoms with Crippen LogP contribution in [0.1, 0.15) is 30.0 Å². The summed E-state index contributed by atoms with van der Waals surface area (Å²) >= 11 is 1.28. The minimum atomic E-state index is -1.24. The standard InChI is InChI=1S/C22H28FN5O3S/c1-26(2)16-5-8-28(22(30)31)18(13-16)17-4-3-15(23)11-14(17)12-19-20(29)25-21(32-19)27-9-6-24-7-10-27/h3-4,11-12,16,18,24H,5-10,13H2,1-2H3,(H,30,31)/p-1/b19-12-. The first-order valence-electron chi connectivity index (χ1n) is 10.7. The van der Waals surface area contributed by atoms with Gasteiger partial charge in [-0.15, -0.1) is 0 Å². The van der Waals surface area contributed by atoms with Crippen LogP contribution in [0, 0.1) is 5.82 Å². The number of piperidine rings is 1. The highest BCUT2D eigenvalue weighted by Crippen LogP contribution is 2.37. The number of nitrogens with one attached hydrogen (secondary N) is 1. The van der Waals surface area contributed by atoms with Gasteiger partial charge in [-0.05, 0) is 68.0 Å². The van der Waals surface area contributed by atoms with Crippen LogP contribution in [0.15, 0.2) is 28.1 Å². The van der Waals surface area contributed by atoms with Crippen molar-refractivity contribution in [3.63, 3.8) is 0 Å². The second-order valence-electron chi connectivity index (χ2n) is 8.44. The average Bonchev–Trinajstić information content (AvgIpc) is 3.14. The molecule has 0 aliphatic carbocycles. The van der Waals surface area contributed by atoms with Gasteiger partial charge in [0, 0.05) is 38.8 Å². The minimum Gasteiger partial charge on any atom is -0.530 e. The number of halogens is 1. The van der Waals surface area contributed by atoms with E-state index in [2.05, 4.69) is 20.1 Å². The summed E-state index contributed by atoms with van der Waals surface area (Å²) in [7, 11) is 3.93. The lowest BCUT2D eigenvalue weighted by Gasteiger charge is -2.43. The lowest BCUT2D eigenvalue weighted by atomic mass is 9.88. The van der Waals surface area contributed by atoms with E-state index in [-0.39, 0.29) is 11.9 Å². The number of rotatable bonds is 3. The van der Waals surface area contributed by atoms with Crippen molar-refractivity contribution < 1.29 is 19.1 Å². The van der Waals surface area contributed by atoms with Crippen LogP contribution >= 0.6 is 11.8 Å². The number of carboxylic acid groups (broad SMARTS) is 1. The lowest BCUT2D eigenvalue weighted by molar-refractivity contribution is -0.270. The summed E-state index contributed by atoms with van der Waals surface area (Å²) in [6, 6.07) is 4.00. The van der Waals surface area contributed by atoms with Gasteiger partial charge in [0.2, 0.25) is 0 Å². The van der Waals surface area contributed by atoms with Crippen molar-refractivity contribution in [1.82, 2.24) is 20.0 Å². The van der Waals surface area contributed by atoms with E-state index in [4.69, 9.17) is 0 Å². The van der Waals surface area contributed by atoms with Crippen molar-refractivity contribution in [3.8, 4) is 0 Å². The summed E-state index contributed by atoms with van der Waals surface area (Å²) in [5.74, 6) is -0.801. The Bertz CT molecular complexity index is 961. The van der Waals surface area contributed by atoms with Gasteiger partial charge in [0.1, 0.15) is 11.9 Å². The largest absolute Gasteiger partial charge is 0.530 e. The molecule has 3 heterocycles. The molecule has 32 heavy (non-hydrogen) atoms. The van der Waals surface area contributed by atoms with Gasteiger partial charge in [-0.3, -0.25) is 4.79 Å². The summed E-state index contributed by atoms with van der Waals surface area (Å²) < 4.78 is 14.2. The lowest BCUT2D eigenvalue weighted by Crippen LogP contribution is -2.50. The number of hydrogen-bond acceptors (Lipinski definition) is 7. The molecule has 2 saturated heterocycles. The molecule has 2 amide bonds. The maximum atomic E-state index is 14.2. The van der Waals surface area contributed by atoms with Crippen LogP contribution in [0.3, 0.4) is 0 Å². The molecule has 172 valence electrons. The first-order valence-corrected chi connectivity index (χ1v) is 11.6. The Morgan fingerprint density at radius 2 is 2.06 bits per heavy atom. The number of benzene rings is 1. The fourth-order valence-corrected chi connectivity index (χ4v) is 5.39.